The summed E-state index contributed by atoms with van der Waals surface area (Å²) >= 11 is 6.18. The maximum atomic E-state index is 9.92. The van der Waals surface area contributed by atoms with Crippen molar-refractivity contribution in [1.82, 2.24) is 0 Å². The predicted octanol–water partition coefficient (Wildman–Crippen LogP) is 4.30. The Bertz CT molecular complexity index is 350. The van der Waals surface area contributed by atoms with E-state index in [1.807, 2.05) is 6.07 Å². The number of hydrogen-bond donors (Lipinski definition) is 1. The van der Waals surface area contributed by atoms with Crippen LogP contribution in [0.4, 0.5) is 0 Å². The van der Waals surface area contributed by atoms with Gasteiger partial charge in [0.05, 0.1) is 0 Å². The van der Waals surface area contributed by atoms with E-state index in [9.17, 15) is 5.11 Å². The van der Waals surface area contributed by atoms with Crippen LogP contribution in [0.1, 0.15) is 45.2 Å². The summed E-state index contributed by atoms with van der Waals surface area (Å²) in [6.07, 6.45) is 1.95. The van der Waals surface area contributed by atoms with Crippen LogP contribution >= 0.6 is 11.6 Å². The lowest BCUT2D eigenvalue weighted by atomic mass is 9.85. The molecule has 0 aliphatic carbocycles. The Morgan fingerprint density at radius 2 is 1.87 bits per heavy atom. The third-order valence-electron chi connectivity index (χ3n) is 2.49. The van der Waals surface area contributed by atoms with Gasteiger partial charge in [0.1, 0.15) is 5.75 Å². The van der Waals surface area contributed by atoms with E-state index >= 15 is 0 Å². The molecule has 0 atom stereocenters. The molecule has 0 aromatic heterocycles. The minimum absolute atomic E-state index is 0.0710. The van der Waals surface area contributed by atoms with Crippen molar-refractivity contribution in [2.75, 3.05) is 0 Å². The average molecular weight is 227 g/mol. The van der Waals surface area contributed by atoms with Crippen LogP contribution in [0, 0.1) is 0 Å². The van der Waals surface area contributed by atoms with Gasteiger partial charge in [-0.3, -0.25) is 0 Å². The fourth-order valence-corrected chi connectivity index (χ4v) is 1.92. The second kappa shape index (κ2) is 4.44. The van der Waals surface area contributed by atoms with Crippen LogP contribution in [0.2, 0.25) is 5.02 Å². The van der Waals surface area contributed by atoms with E-state index < -0.39 is 0 Å². The number of aryl methyl sites for hydroxylation is 1. The molecule has 0 unspecified atom stereocenters. The van der Waals surface area contributed by atoms with Gasteiger partial charge in [-0.1, -0.05) is 45.7 Å². The van der Waals surface area contributed by atoms with E-state index in [-0.39, 0.29) is 5.41 Å². The number of halogens is 1. The van der Waals surface area contributed by atoms with Gasteiger partial charge in [0.2, 0.25) is 0 Å². The summed E-state index contributed by atoms with van der Waals surface area (Å²) in [7, 11) is 0. The molecule has 0 radical (unpaired) electrons. The number of benzene rings is 1. The number of aromatic hydroxyl groups is 1. The quantitative estimate of drug-likeness (QED) is 0.798. The van der Waals surface area contributed by atoms with Crippen LogP contribution in [0.5, 0.6) is 5.75 Å². The molecule has 0 fully saturated rings. The Balaban J connectivity index is 3.20. The van der Waals surface area contributed by atoms with Crippen LogP contribution in [-0.2, 0) is 11.8 Å². The highest BCUT2D eigenvalue weighted by Gasteiger charge is 2.19. The molecule has 0 aliphatic rings. The molecule has 0 saturated carbocycles. The van der Waals surface area contributed by atoms with Gasteiger partial charge in [-0.25, -0.2) is 0 Å². The summed E-state index contributed by atoms with van der Waals surface area (Å²) < 4.78 is 0. The summed E-state index contributed by atoms with van der Waals surface area (Å²) in [4.78, 5) is 0. The van der Waals surface area contributed by atoms with Crippen molar-refractivity contribution in [2.24, 2.45) is 0 Å². The molecule has 84 valence electrons. The highest BCUT2D eigenvalue weighted by Crippen LogP contribution is 2.35. The lowest BCUT2D eigenvalue weighted by Crippen LogP contribution is -2.11. The van der Waals surface area contributed by atoms with Gasteiger partial charge < -0.3 is 5.11 Å². The minimum atomic E-state index is -0.0710. The third kappa shape index (κ3) is 2.88. The van der Waals surface area contributed by atoms with Crippen molar-refractivity contribution in [2.45, 2.75) is 46.0 Å². The Morgan fingerprint density at radius 1 is 1.27 bits per heavy atom. The molecule has 0 aliphatic heterocycles. The smallest absolute Gasteiger partial charge is 0.119 e. The number of phenolic OH excluding ortho intramolecular Hbond substituents is 1. The molecule has 1 aromatic rings. The predicted molar refractivity (Wildman–Crippen MR) is 65.8 cm³/mol. The molecule has 1 N–H and O–H groups in total. The van der Waals surface area contributed by atoms with Crippen LogP contribution in [0.3, 0.4) is 0 Å². The Hall–Kier alpha value is -0.690. The number of hydrogen-bond acceptors (Lipinski definition) is 1. The Kier molecular flexibility index (Phi) is 3.67. The van der Waals surface area contributed by atoms with Gasteiger partial charge in [0.15, 0.2) is 0 Å². The maximum Gasteiger partial charge on any atom is 0.119 e. The van der Waals surface area contributed by atoms with E-state index in [1.165, 1.54) is 0 Å². The van der Waals surface area contributed by atoms with Gasteiger partial charge in [-0.05, 0) is 29.5 Å². The molecule has 0 bridgehead atoms. The maximum absolute atomic E-state index is 9.92. The molecule has 1 rings (SSSR count). The van der Waals surface area contributed by atoms with Gasteiger partial charge in [0.25, 0.3) is 0 Å². The molecule has 1 nitrogen and oxygen atoms in total. The molecular weight excluding hydrogens is 208 g/mol. The molecule has 15 heavy (non-hydrogen) atoms. The fourth-order valence-electron chi connectivity index (χ4n) is 1.67. The van der Waals surface area contributed by atoms with Gasteiger partial charge in [0, 0.05) is 10.6 Å². The normalized spacial score (nSPS) is 11.8. The van der Waals surface area contributed by atoms with Crippen molar-refractivity contribution >= 4 is 11.6 Å². The molecule has 0 heterocycles. The summed E-state index contributed by atoms with van der Waals surface area (Å²) in [6.45, 7) is 8.30. The van der Waals surface area contributed by atoms with E-state index in [4.69, 9.17) is 11.6 Å². The standard InChI is InChI=1S/C13H19ClO/c1-5-6-9-7-12(15)10(8-11(9)14)13(2,3)4/h7-8,15H,5-6H2,1-4H3. The molecule has 0 spiro atoms. The number of phenols is 1. The van der Waals surface area contributed by atoms with Crippen molar-refractivity contribution in [1.29, 1.82) is 0 Å². The largest absolute Gasteiger partial charge is 0.508 e. The van der Waals surface area contributed by atoms with Gasteiger partial charge >= 0.3 is 0 Å². The fraction of sp³-hybridized carbons (Fsp3) is 0.538. The average Bonchev–Trinajstić information content (AvgIpc) is 2.09. The van der Waals surface area contributed by atoms with E-state index in [1.54, 1.807) is 6.07 Å². The van der Waals surface area contributed by atoms with Crippen molar-refractivity contribution in [3.05, 3.63) is 28.3 Å². The monoisotopic (exact) mass is 226 g/mol. The topological polar surface area (TPSA) is 20.2 Å². The van der Waals surface area contributed by atoms with E-state index in [0.717, 1.165) is 29.0 Å². The van der Waals surface area contributed by atoms with Crippen LogP contribution in [-0.4, -0.2) is 5.11 Å². The van der Waals surface area contributed by atoms with E-state index in [0.29, 0.717) is 5.75 Å². The second-order valence-corrected chi connectivity index (χ2v) is 5.37. The highest BCUT2D eigenvalue weighted by molar-refractivity contribution is 6.31. The Morgan fingerprint density at radius 3 is 2.33 bits per heavy atom. The van der Waals surface area contributed by atoms with E-state index in [2.05, 4.69) is 27.7 Å². The first-order chi connectivity index (χ1) is 6.86. The lowest BCUT2D eigenvalue weighted by Gasteiger charge is -2.21. The third-order valence-corrected chi connectivity index (χ3v) is 2.84. The lowest BCUT2D eigenvalue weighted by molar-refractivity contribution is 0.446. The molecule has 0 saturated heterocycles. The van der Waals surface area contributed by atoms with Crippen molar-refractivity contribution < 1.29 is 5.11 Å². The molecule has 1 aromatic carbocycles. The minimum Gasteiger partial charge on any atom is -0.508 e. The first kappa shape index (κ1) is 12.4. The zero-order valence-electron chi connectivity index (χ0n) is 9.89. The van der Waals surface area contributed by atoms with Crippen LogP contribution in [0.25, 0.3) is 0 Å². The summed E-state index contributed by atoms with van der Waals surface area (Å²) in [6, 6.07) is 3.69. The Labute approximate surface area is 97.1 Å². The molecule has 0 amide bonds. The highest BCUT2D eigenvalue weighted by atomic mass is 35.5. The number of rotatable bonds is 2. The van der Waals surface area contributed by atoms with Crippen LogP contribution in [0.15, 0.2) is 12.1 Å². The first-order valence-corrected chi connectivity index (χ1v) is 5.76. The SMILES string of the molecule is CCCc1cc(O)c(C(C)(C)C)cc1Cl. The molecular formula is C13H19ClO. The van der Waals surface area contributed by atoms with Gasteiger partial charge in [-0.15, -0.1) is 0 Å². The summed E-state index contributed by atoms with van der Waals surface area (Å²) in [5.74, 6) is 0.357. The molecule has 2 heteroatoms. The zero-order valence-corrected chi connectivity index (χ0v) is 10.7. The second-order valence-electron chi connectivity index (χ2n) is 4.96. The van der Waals surface area contributed by atoms with Crippen LogP contribution < -0.4 is 0 Å². The van der Waals surface area contributed by atoms with Gasteiger partial charge in [-0.2, -0.15) is 0 Å². The summed E-state index contributed by atoms with van der Waals surface area (Å²) in [5, 5.41) is 10.7. The summed E-state index contributed by atoms with van der Waals surface area (Å²) in [5.41, 5.74) is 1.87. The van der Waals surface area contributed by atoms with Crippen molar-refractivity contribution in [3.63, 3.8) is 0 Å². The zero-order chi connectivity index (χ0) is 11.6. The van der Waals surface area contributed by atoms with Crippen molar-refractivity contribution in [3.8, 4) is 5.75 Å². The first-order valence-electron chi connectivity index (χ1n) is 5.38.